The Morgan fingerprint density at radius 1 is 1.22 bits per heavy atom. The van der Waals surface area contributed by atoms with Crippen molar-refractivity contribution in [2.75, 3.05) is 6.54 Å². The first-order valence-corrected chi connectivity index (χ1v) is 6.73. The number of carbonyl (C=O) groups is 2. The highest BCUT2D eigenvalue weighted by Crippen LogP contribution is 2.33. The number of furan rings is 1. The molecule has 3 aromatic rings. The molecular formula is C16H12N2O5. The third-order valence-corrected chi connectivity index (χ3v) is 3.21. The third kappa shape index (κ3) is 2.84. The van der Waals surface area contributed by atoms with E-state index in [-0.39, 0.29) is 11.3 Å². The first kappa shape index (κ1) is 14.6. The molecule has 3 N–H and O–H groups in total. The van der Waals surface area contributed by atoms with Gasteiger partial charge in [0.05, 0.1) is 0 Å². The van der Waals surface area contributed by atoms with Crippen LogP contribution in [0.5, 0.6) is 5.75 Å². The number of pyridine rings is 1. The molecule has 0 spiro atoms. The van der Waals surface area contributed by atoms with Crippen LogP contribution in [0.15, 0.2) is 47.0 Å². The van der Waals surface area contributed by atoms with Gasteiger partial charge >= 0.3 is 5.97 Å². The Morgan fingerprint density at radius 3 is 2.65 bits per heavy atom. The first-order valence-electron chi connectivity index (χ1n) is 6.73. The molecule has 23 heavy (non-hydrogen) atoms. The van der Waals surface area contributed by atoms with E-state index in [1.165, 1.54) is 6.20 Å². The van der Waals surface area contributed by atoms with E-state index in [2.05, 4.69) is 10.3 Å². The number of carboxylic acid groups (broad SMARTS) is 1. The fraction of sp³-hybridized carbons (Fsp3) is 0.0625. The summed E-state index contributed by atoms with van der Waals surface area (Å²) in [6.07, 6.45) is 1.39. The maximum atomic E-state index is 11.9. The first-order chi connectivity index (χ1) is 11.1. The summed E-state index contributed by atoms with van der Waals surface area (Å²) in [4.78, 5) is 26.2. The highest BCUT2D eigenvalue weighted by Gasteiger charge is 2.19. The third-order valence-electron chi connectivity index (χ3n) is 3.21. The number of hydrogen-bond donors (Lipinski definition) is 3. The Bertz CT molecular complexity index is 886. The van der Waals surface area contributed by atoms with Gasteiger partial charge in [-0.25, -0.2) is 4.98 Å². The van der Waals surface area contributed by atoms with Crippen LogP contribution < -0.4 is 5.32 Å². The van der Waals surface area contributed by atoms with E-state index in [1.54, 1.807) is 6.07 Å². The maximum absolute atomic E-state index is 11.9. The molecule has 3 rings (SSSR count). The second-order valence-electron chi connectivity index (χ2n) is 4.79. The zero-order valence-corrected chi connectivity index (χ0v) is 11.8. The number of carbonyl (C=O) groups excluding carboxylic acids is 1. The van der Waals surface area contributed by atoms with Crippen LogP contribution in [0, 0.1) is 0 Å². The molecule has 1 aromatic carbocycles. The molecule has 0 unspecified atom stereocenters. The molecule has 0 aliphatic carbocycles. The van der Waals surface area contributed by atoms with Gasteiger partial charge in [0.2, 0.25) is 0 Å². The molecule has 2 aromatic heterocycles. The van der Waals surface area contributed by atoms with Gasteiger partial charge in [-0.05, 0) is 6.07 Å². The molecule has 7 nitrogen and oxygen atoms in total. The zero-order valence-electron chi connectivity index (χ0n) is 11.8. The van der Waals surface area contributed by atoms with E-state index < -0.39 is 24.2 Å². The van der Waals surface area contributed by atoms with Crippen LogP contribution >= 0.6 is 0 Å². The van der Waals surface area contributed by atoms with Gasteiger partial charge < -0.3 is 19.9 Å². The van der Waals surface area contributed by atoms with E-state index in [0.717, 1.165) is 5.56 Å². The molecule has 0 bridgehead atoms. The summed E-state index contributed by atoms with van der Waals surface area (Å²) in [6.45, 7) is -0.564. The number of fused-ring (bicyclic) bond motifs is 1. The lowest BCUT2D eigenvalue weighted by Crippen LogP contribution is -2.29. The van der Waals surface area contributed by atoms with Crippen molar-refractivity contribution in [3.05, 3.63) is 48.3 Å². The quantitative estimate of drug-likeness (QED) is 0.679. The van der Waals surface area contributed by atoms with Crippen LogP contribution in [0.3, 0.4) is 0 Å². The Labute approximate surface area is 130 Å². The lowest BCUT2D eigenvalue weighted by atomic mass is 10.1. The molecule has 0 saturated heterocycles. The van der Waals surface area contributed by atoms with Gasteiger partial charge in [0.1, 0.15) is 12.3 Å². The normalized spacial score (nSPS) is 10.6. The summed E-state index contributed by atoms with van der Waals surface area (Å²) in [5.74, 6) is -1.87. The van der Waals surface area contributed by atoms with Crippen molar-refractivity contribution >= 4 is 22.8 Å². The number of carboxylic acids is 1. The average Bonchev–Trinajstić information content (AvgIpc) is 2.99. The second kappa shape index (κ2) is 5.80. The second-order valence-corrected chi connectivity index (χ2v) is 4.79. The van der Waals surface area contributed by atoms with Crippen molar-refractivity contribution < 1.29 is 24.2 Å². The van der Waals surface area contributed by atoms with Crippen molar-refractivity contribution in [3.8, 4) is 17.1 Å². The molecule has 1 amide bonds. The zero-order chi connectivity index (χ0) is 16.4. The number of benzene rings is 1. The number of nitrogens with zero attached hydrogens (tertiary/aromatic N) is 1. The number of aliphatic carboxylic acids is 1. The summed E-state index contributed by atoms with van der Waals surface area (Å²) in [5.41, 5.74) is 0.659. The number of aromatic hydroxyl groups is 1. The lowest BCUT2D eigenvalue weighted by molar-refractivity contribution is -0.135. The molecule has 116 valence electrons. The minimum absolute atomic E-state index is 0.124. The van der Waals surface area contributed by atoms with E-state index in [1.807, 2.05) is 30.3 Å². The standard InChI is InChI=1S/C16H12N2O5/c19-12(20)8-18-16(22)13-14(21)15-10(7-17-13)6-11(23-15)9-4-2-1-3-5-9/h1-7,21H,8H2,(H,18,22)(H,19,20). The summed E-state index contributed by atoms with van der Waals surface area (Å²) in [6, 6.07) is 11.0. The predicted molar refractivity (Wildman–Crippen MR) is 81.1 cm³/mol. The molecular weight excluding hydrogens is 300 g/mol. The molecule has 7 heteroatoms. The van der Waals surface area contributed by atoms with Gasteiger partial charge in [0, 0.05) is 17.1 Å². The largest absolute Gasteiger partial charge is 0.503 e. The van der Waals surface area contributed by atoms with Crippen molar-refractivity contribution in [2.24, 2.45) is 0 Å². The summed E-state index contributed by atoms with van der Waals surface area (Å²) >= 11 is 0. The van der Waals surface area contributed by atoms with Crippen LogP contribution in [-0.4, -0.2) is 33.6 Å². The smallest absolute Gasteiger partial charge is 0.322 e. The molecule has 0 aliphatic rings. The number of amides is 1. The van der Waals surface area contributed by atoms with Gasteiger partial charge in [0.25, 0.3) is 5.91 Å². The molecule has 0 atom stereocenters. The fourth-order valence-electron chi connectivity index (χ4n) is 2.14. The Hall–Kier alpha value is -3.35. The molecule has 0 fully saturated rings. The highest BCUT2D eigenvalue weighted by atomic mass is 16.4. The minimum Gasteiger partial charge on any atom is -0.503 e. The fourth-order valence-corrected chi connectivity index (χ4v) is 2.14. The van der Waals surface area contributed by atoms with E-state index >= 15 is 0 Å². The van der Waals surface area contributed by atoms with Crippen molar-refractivity contribution in [1.82, 2.24) is 10.3 Å². The molecule has 0 radical (unpaired) electrons. The van der Waals surface area contributed by atoms with Crippen LogP contribution in [0.4, 0.5) is 0 Å². The molecule has 0 aliphatic heterocycles. The average molecular weight is 312 g/mol. The van der Waals surface area contributed by atoms with Crippen molar-refractivity contribution in [2.45, 2.75) is 0 Å². The van der Waals surface area contributed by atoms with Crippen molar-refractivity contribution in [1.29, 1.82) is 0 Å². The maximum Gasteiger partial charge on any atom is 0.322 e. The van der Waals surface area contributed by atoms with E-state index in [4.69, 9.17) is 9.52 Å². The summed E-state index contributed by atoms with van der Waals surface area (Å²) in [7, 11) is 0. The number of nitrogens with one attached hydrogen (secondary N) is 1. The predicted octanol–water partition coefficient (Wildman–Crippen LogP) is 2.01. The monoisotopic (exact) mass is 312 g/mol. The van der Waals surface area contributed by atoms with Crippen LogP contribution in [0.2, 0.25) is 0 Å². The van der Waals surface area contributed by atoms with Gasteiger partial charge in [-0.3, -0.25) is 9.59 Å². The number of rotatable bonds is 4. The topological polar surface area (TPSA) is 113 Å². The molecule has 0 saturated carbocycles. The van der Waals surface area contributed by atoms with Gasteiger partial charge in [-0.2, -0.15) is 0 Å². The highest BCUT2D eigenvalue weighted by molar-refractivity contribution is 6.01. The molecule has 2 heterocycles. The van der Waals surface area contributed by atoms with Crippen molar-refractivity contribution in [3.63, 3.8) is 0 Å². The SMILES string of the molecule is O=C(O)CNC(=O)c1ncc2cc(-c3ccccc3)oc2c1O. The van der Waals surface area contributed by atoms with E-state index in [9.17, 15) is 14.7 Å². The Morgan fingerprint density at radius 2 is 1.96 bits per heavy atom. The lowest BCUT2D eigenvalue weighted by Gasteiger charge is -2.03. The summed E-state index contributed by atoms with van der Waals surface area (Å²) in [5, 5.41) is 21.4. The number of hydrogen-bond acceptors (Lipinski definition) is 5. The summed E-state index contributed by atoms with van der Waals surface area (Å²) < 4.78 is 5.61. The Kier molecular flexibility index (Phi) is 3.68. The van der Waals surface area contributed by atoms with Gasteiger partial charge in [0.15, 0.2) is 17.0 Å². The Balaban J connectivity index is 1.99. The van der Waals surface area contributed by atoms with E-state index in [0.29, 0.717) is 11.1 Å². The van der Waals surface area contributed by atoms with Gasteiger partial charge in [-0.15, -0.1) is 0 Å². The van der Waals surface area contributed by atoms with Crippen LogP contribution in [0.25, 0.3) is 22.3 Å². The minimum atomic E-state index is -1.19. The number of aromatic nitrogens is 1. The van der Waals surface area contributed by atoms with Crippen LogP contribution in [-0.2, 0) is 4.79 Å². The van der Waals surface area contributed by atoms with Crippen LogP contribution in [0.1, 0.15) is 10.5 Å². The van der Waals surface area contributed by atoms with Gasteiger partial charge in [-0.1, -0.05) is 30.3 Å².